The SMILES string of the molecule is CC(Nc1cc(-n2ccnc2)ccn1)c1cc2cc(Cl)c(OCC3CC3)cc2[nH]c1=O. The van der Waals surface area contributed by atoms with E-state index in [4.69, 9.17) is 16.3 Å². The molecule has 0 saturated heterocycles. The van der Waals surface area contributed by atoms with Gasteiger partial charge in [0.15, 0.2) is 0 Å². The van der Waals surface area contributed by atoms with Crippen LogP contribution in [0, 0.1) is 5.92 Å². The average Bonchev–Trinajstić information content (AvgIpc) is 3.42. The molecule has 1 fully saturated rings. The third-order valence-corrected chi connectivity index (χ3v) is 5.77. The van der Waals surface area contributed by atoms with Crippen molar-refractivity contribution in [3.63, 3.8) is 0 Å². The molecule has 1 aliphatic rings. The minimum Gasteiger partial charge on any atom is -0.492 e. The lowest BCUT2D eigenvalue weighted by Crippen LogP contribution is -2.20. The van der Waals surface area contributed by atoms with Crippen molar-refractivity contribution in [1.82, 2.24) is 19.5 Å². The fourth-order valence-corrected chi connectivity index (χ4v) is 3.75. The molecule has 1 aromatic carbocycles. The Kier molecular flexibility index (Phi) is 5.11. The number of aromatic nitrogens is 4. The van der Waals surface area contributed by atoms with E-state index in [1.807, 2.05) is 42.0 Å². The molecule has 3 heterocycles. The minimum atomic E-state index is -0.261. The quantitative estimate of drug-likeness (QED) is 0.438. The van der Waals surface area contributed by atoms with Gasteiger partial charge in [-0.1, -0.05) is 11.6 Å². The number of pyridine rings is 2. The van der Waals surface area contributed by atoms with Crippen molar-refractivity contribution in [2.24, 2.45) is 5.92 Å². The summed E-state index contributed by atoms with van der Waals surface area (Å²) in [6, 6.07) is 9.05. The maximum atomic E-state index is 12.8. The van der Waals surface area contributed by atoms with Crippen molar-refractivity contribution in [1.29, 1.82) is 0 Å². The molecule has 0 spiro atoms. The molecule has 0 aliphatic heterocycles. The number of fused-ring (bicyclic) bond motifs is 1. The van der Waals surface area contributed by atoms with E-state index < -0.39 is 0 Å². The summed E-state index contributed by atoms with van der Waals surface area (Å²) in [5.41, 5.74) is 2.08. The largest absolute Gasteiger partial charge is 0.492 e. The van der Waals surface area contributed by atoms with Crippen LogP contribution in [0.1, 0.15) is 31.4 Å². The van der Waals surface area contributed by atoms with Gasteiger partial charge in [-0.05, 0) is 43.9 Å². The van der Waals surface area contributed by atoms with Gasteiger partial charge in [-0.25, -0.2) is 9.97 Å². The van der Waals surface area contributed by atoms with Gasteiger partial charge >= 0.3 is 0 Å². The number of H-pyrrole nitrogens is 1. The molecule has 31 heavy (non-hydrogen) atoms. The molecule has 0 radical (unpaired) electrons. The van der Waals surface area contributed by atoms with E-state index in [2.05, 4.69) is 20.3 Å². The predicted octanol–water partition coefficient (Wildman–Crippen LogP) is 4.72. The first-order valence-electron chi connectivity index (χ1n) is 10.3. The molecule has 8 heteroatoms. The van der Waals surface area contributed by atoms with Gasteiger partial charge in [0, 0.05) is 41.7 Å². The Morgan fingerprint density at radius 2 is 2.16 bits per heavy atom. The van der Waals surface area contributed by atoms with E-state index >= 15 is 0 Å². The molecule has 0 amide bonds. The van der Waals surface area contributed by atoms with Gasteiger partial charge in [-0.2, -0.15) is 0 Å². The van der Waals surface area contributed by atoms with Gasteiger partial charge in [0.05, 0.1) is 35.2 Å². The molecule has 158 valence electrons. The van der Waals surface area contributed by atoms with E-state index in [0.717, 1.165) is 11.1 Å². The van der Waals surface area contributed by atoms with Gasteiger partial charge in [-0.15, -0.1) is 0 Å². The second kappa shape index (κ2) is 8.07. The molecule has 1 atom stereocenters. The smallest absolute Gasteiger partial charge is 0.253 e. The maximum Gasteiger partial charge on any atom is 0.253 e. The van der Waals surface area contributed by atoms with Gasteiger partial charge in [0.1, 0.15) is 11.6 Å². The van der Waals surface area contributed by atoms with Gasteiger partial charge in [-0.3, -0.25) is 4.79 Å². The Balaban J connectivity index is 1.40. The highest BCUT2D eigenvalue weighted by molar-refractivity contribution is 6.32. The molecule has 0 bridgehead atoms. The minimum absolute atomic E-state index is 0.159. The van der Waals surface area contributed by atoms with E-state index in [0.29, 0.717) is 40.2 Å². The number of aromatic amines is 1. The number of rotatable bonds is 7. The summed E-state index contributed by atoms with van der Waals surface area (Å²) < 4.78 is 7.72. The number of halogens is 1. The van der Waals surface area contributed by atoms with Crippen molar-refractivity contribution in [2.45, 2.75) is 25.8 Å². The summed E-state index contributed by atoms with van der Waals surface area (Å²) in [5, 5.41) is 4.71. The molecular formula is C23H22ClN5O2. The van der Waals surface area contributed by atoms with Crippen molar-refractivity contribution in [3.8, 4) is 11.4 Å². The number of anilines is 1. The molecule has 5 rings (SSSR count). The number of imidazole rings is 1. The summed E-state index contributed by atoms with van der Waals surface area (Å²) in [7, 11) is 0. The van der Waals surface area contributed by atoms with Crippen LogP contribution in [0.2, 0.25) is 5.02 Å². The van der Waals surface area contributed by atoms with Crippen LogP contribution in [0.5, 0.6) is 5.75 Å². The summed E-state index contributed by atoms with van der Waals surface area (Å²) in [6.07, 6.45) is 9.44. The fraction of sp³-hybridized carbons (Fsp3) is 0.261. The van der Waals surface area contributed by atoms with E-state index in [1.165, 1.54) is 12.8 Å². The lowest BCUT2D eigenvalue weighted by atomic mass is 10.1. The summed E-state index contributed by atoms with van der Waals surface area (Å²) >= 11 is 6.42. The topological polar surface area (TPSA) is 84.8 Å². The first-order valence-corrected chi connectivity index (χ1v) is 10.6. The van der Waals surface area contributed by atoms with Crippen molar-refractivity contribution in [2.75, 3.05) is 11.9 Å². The standard InChI is InChI=1S/C23H22ClN5O2/c1-14(27-22-10-17(4-5-26-22)29-7-6-25-13-29)18-8-16-9-19(24)21(31-12-15-2-3-15)11-20(16)28-23(18)30/h4-11,13-15H,2-3,12H2,1H3,(H,26,27)(H,28,30). The molecule has 1 saturated carbocycles. The van der Waals surface area contributed by atoms with E-state index in [9.17, 15) is 4.79 Å². The second-order valence-corrected chi connectivity index (χ2v) is 8.32. The van der Waals surface area contributed by atoms with Gasteiger partial charge in [0.25, 0.3) is 5.56 Å². The molecule has 1 aliphatic carbocycles. The first kappa shape index (κ1) is 19.6. The zero-order chi connectivity index (χ0) is 21.4. The zero-order valence-electron chi connectivity index (χ0n) is 17.0. The van der Waals surface area contributed by atoms with Crippen LogP contribution in [-0.2, 0) is 0 Å². The average molecular weight is 436 g/mol. The van der Waals surface area contributed by atoms with Crippen LogP contribution in [0.4, 0.5) is 5.82 Å². The van der Waals surface area contributed by atoms with E-state index in [1.54, 1.807) is 24.8 Å². The monoisotopic (exact) mass is 435 g/mol. The summed E-state index contributed by atoms with van der Waals surface area (Å²) in [5.74, 6) is 1.90. The lowest BCUT2D eigenvalue weighted by Gasteiger charge is -2.16. The van der Waals surface area contributed by atoms with Gasteiger partial charge < -0.3 is 19.6 Å². The molecule has 1 unspecified atom stereocenters. The highest BCUT2D eigenvalue weighted by atomic mass is 35.5. The van der Waals surface area contributed by atoms with E-state index in [-0.39, 0.29) is 11.6 Å². The molecule has 7 nitrogen and oxygen atoms in total. The Labute approximate surface area is 184 Å². The fourth-order valence-electron chi connectivity index (χ4n) is 3.52. The first-order chi connectivity index (χ1) is 15.1. The Hall–Kier alpha value is -3.32. The van der Waals surface area contributed by atoms with Crippen LogP contribution >= 0.6 is 11.6 Å². The normalized spacial score (nSPS) is 14.5. The maximum absolute atomic E-state index is 12.8. The lowest BCUT2D eigenvalue weighted by molar-refractivity contribution is 0.300. The third-order valence-electron chi connectivity index (χ3n) is 5.47. The highest BCUT2D eigenvalue weighted by Gasteiger charge is 2.22. The van der Waals surface area contributed by atoms with Crippen LogP contribution in [0.3, 0.4) is 0 Å². The Morgan fingerprint density at radius 1 is 1.29 bits per heavy atom. The number of hydrogen-bond donors (Lipinski definition) is 2. The van der Waals surface area contributed by atoms with Crippen LogP contribution < -0.4 is 15.6 Å². The number of nitrogens with one attached hydrogen (secondary N) is 2. The predicted molar refractivity (Wildman–Crippen MR) is 121 cm³/mol. The molecule has 4 aromatic rings. The number of ether oxygens (including phenoxy) is 1. The molecule has 2 N–H and O–H groups in total. The van der Waals surface area contributed by atoms with Crippen molar-refractivity contribution < 1.29 is 4.74 Å². The van der Waals surface area contributed by atoms with Gasteiger partial charge in [0.2, 0.25) is 0 Å². The number of nitrogens with zero attached hydrogens (tertiary/aromatic N) is 3. The molecule has 3 aromatic heterocycles. The van der Waals surface area contributed by atoms with Crippen molar-refractivity contribution >= 4 is 28.3 Å². The zero-order valence-corrected chi connectivity index (χ0v) is 17.8. The van der Waals surface area contributed by atoms with Crippen LogP contribution in [-0.4, -0.2) is 26.1 Å². The Bertz CT molecular complexity index is 1280. The number of hydrogen-bond acceptors (Lipinski definition) is 5. The second-order valence-electron chi connectivity index (χ2n) is 7.91. The summed E-state index contributed by atoms with van der Waals surface area (Å²) in [6.45, 7) is 2.59. The highest BCUT2D eigenvalue weighted by Crippen LogP contribution is 2.34. The number of benzene rings is 1. The van der Waals surface area contributed by atoms with Crippen LogP contribution in [0.15, 0.2) is 60.0 Å². The van der Waals surface area contributed by atoms with Crippen LogP contribution in [0.25, 0.3) is 16.6 Å². The summed E-state index contributed by atoms with van der Waals surface area (Å²) in [4.78, 5) is 24.2. The third kappa shape index (κ3) is 4.27. The molecular weight excluding hydrogens is 414 g/mol. The van der Waals surface area contributed by atoms with Crippen molar-refractivity contribution in [3.05, 3.63) is 76.2 Å². The Morgan fingerprint density at radius 3 is 2.94 bits per heavy atom.